The zero-order valence-electron chi connectivity index (χ0n) is 20.8. The summed E-state index contributed by atoms with van der Waals surface area (Å²) in [6.45, 7) is 4.47. The lowest BCUT2D eigenvalue weighted by Gasteiger charge is -2.13. The smallest absolute Gasteiger partial charge is 0.267 e. The van der Waals surface area contributed by atoms with E-state index in [0.717, 1.165) is 58.3 Å². The topological polar surface area (TPSA) is 85.6 Å². The van der Waals surface area contributed by atoms with Crippen molar-refractivity contribution in [1.82, 2.24) is 15.0 Å². The van der Waals surface area contributed by atoms with Gasteiger partial charge in [-0.1, -0.05) is 41.6 Å². The van der Waals surface area contributed by atoms with E-state index in [2.05, 4.69) is 10.5 Å². The zero-order chi connectivity index (χ0) is 25.8. The molecule has 2 heterocycles. The molecule has 0 atom stereocenters. The number of thioether (sulfide) groups is 1. The highest BCUT2D eigenvalue weighted by atomic mass is 32.2. The number of para-hydroxylation sites is 1. The van der Waals surface area contributed by atoms with Gasteiger partial charge in [-0.15, -0.1) is 11.3 Å². The lowest BCUT2D eigenvalue weighted by molar-refractivity contribution is -0.118. The van der Waals surface area contributed by atoms with Gasteiger partial charge in [0.2, 0.25) is 0 Å². The molecule has 1 N–H and O–H groups in total. The van der Waals surface area contributed by atoms with Crippen molar-refractivity contribution in [2.45, 2.75) is 44.7 Å². The van der Waals surface area contributed by atoms with Crippen LogP contribution in [0.25, 0.3) is 15.9 Å². The molecule has 9 heteroatoms. The predicted molar refractivity (Wildman–Crippen MR) is 151 cm³/mol. The second-order valence-corrected chi connectivity index (χ2v) is 10.8. The lowest BCUT2D eigenvalue weighted by Crippen LogP contribution is -2.24. The first-order valence-corrected chi connectivity index (χ1v) is 14.2. The molecule has 1 aliphatic carbocycles. The number of aromatic nitrogens is 2. The number of hydrogen-bond donors (Lipinski definition) is 1. The fourth-order valence-corrected chi connectivity index (χ4v) is 6.52. The molecule has 1 amide bonds. The van der Waals surface area contributed by atoms with E-state index in [4.69, 9.17) is 9.72 Å². The Morgan fingerprint density at radius 3 is 2.78 bits per heavy atom. The molecule has 2 aromatic heterocycles. The van der Waals surface area contributed by atoms with Crippen LogP contribution in [0.2, 0.25) is 0 Å². The van der Waals surface area contributed by atoms with Gasteiger partial charge in [0.05, 0.1) is 29.6 Å². The van der Waals surface area contributed by atoms with Gasteiger partial charge in [0.1, 0.15) is 10.6 Å². The van der Waals surface area contributed by atoms with E-state index in [1.165, 1.54) is 16.6 Å². The van der Waals surface area contributed by atoms with Crippen molar-refractivity contribution in [1.29, 1.82) is 0 Å². The molecule has 0 fully saturated rings. The Labute approximate surface area is 223 Å². The Bertz CT molecular complexity index is 1520. The quantitative estimate of drug-likeness (QED) is 0.145. The number of fused-ring (bicyclic) bond motifs is 3. The number of carbonyl (C=O) groups is 1. The van der Waals surface area contributed by atoms with Crippen LogP contribution in [0.4, 0.5) is 0 Å². The van der Waals surface area contributed by atoms with E-state index in [9.17, 15) is 9.59 Å². The molecule has 4 aromatic rings. The van der Waals surface area contributed by atoms with Crippen molar-refractivity contribution in [3.05, 3.63) is 80.5 Å². The highest BCUT2D eigenvalue weighted by Crippen LogP contribution is 2.35. The van der Waals surface area contributed by atoms with Gasteiger partial charge < -0.3 is 4.74 Å². The van der Waals surface area contributed by atoms with Gasteiger partial charge in [0.15, 0.2) is 5.16 Å². The van der Waals surface area contributed by atoms with Gasteiger partial charge in [0, 0.05) is 10.4 Å². The molecule has 0 aliphatic heterocycles. The average Bonchev–Trinajstić information content (AvgIpc) is 3.28. The molecule has 0 saturated carbocycles. The third-order valence-electron chi connectivity index (χ3n) is 6.19. The van der Waals surface area contributed by atoms with Gasteiger partial charge >= 0.3 is 0 Å². The van der Waals surface area contributed by atoms with Gasteiger partial charge in [-0.2, -0.15) is 5.10 Å². The largest absolute Gasteiger partial charge is 0.493 e. The summed E-state index contributed by atoms with van der Waals surface area (Å²) in [4.78, 5) is 33.3. The van der Waals surface area contributed by atoms with E-state index in [1.807, 2.05) is 62.4 Å². The van der Waals surface area contributed by atoms with Crippen LogP contribution < -0.4 is 15.7 Å². The van der Waals surface area contributed by atoms with Crippen LogP contribution in [-0.4, -0.2) is 34.0 Å². The number of aryl methyl sites for hydroxylation is 3. The number of nitrogens with zero attached hydrogens (tertiary/aromatic N) is 3. The van der Waals surface area contributed by atoms with Crippen LogP contribution in [0.3, 0.4) is 0 Å². The summed E-state index contributed by atoms with van der Waals surface area (Å²) >= 11 is 2.85. The van der Waals surface area contributed by atoms with Crippen LogP contribution in [0.5, 0.6) is 5.75 Å². The Balaban J connectivity index is 1.40. The van der Waals surface area contributed by atoms with Crippen molar-refractivity contribution >= 4 is 45.4 Å². The molecule has 1 aliphatic rings. The van der Waals surface area contributed by atoms with Gasteiger partial charge in [-0.3, -0.25) is 14.2 Å². The maximum Gasteiger partial charge on any atom is 0.267 e. The van der Waals surface area contributed by atoms with Crippen molar-refractivity contribution in [2.75, 3.05) is 12.4 Å². The number of nitrogens with one attached hydrogen (secondary N) is 1. The molecule has 5 rings (SSSR count). The highest BCUT2D eigenvalue weighted by Gasteiger charge is 2.23. The average molecular weight is 533 g/mol. The molecule has 2 aromatic carbocycles. The highest BCUT2D eigenvalue weighted by molar-refractivity contribution is 7.99. The number of carbonyl (C=O) groups excluding carboxylic acids is 1. The molecule has 190 valence electrons. The Morgan fingerprint density at radius 2 is 1.97 bits per heavy atom. The van der Waals surface area contributed by atoms with Crippen LogP contribution in [0.15, 0.2) is 63.6 Å². The standard InChI is InChI=1S/C28H28N4O3S2/c1-3-35-22-10-6-4-8-19(22)16-29-31-24(33)17-36-28-30-26-25(21-9-5-7-11-23(21)37-26)27(34)32(28)20-14-12-18(2)13-15-20/h4,6,8,10,12-16H,3,5,7,9,11,17H2,1-2H3,(H,31,33). The van der Waals surface area contributed by atoms with Gasteiger partial charge in [-0.05, 0) is 69.4 Å². The van der Waals surface area contributed by atoms with Crippen molar-refractivity contribution in [3.8, 4) is 11.4 Å². The SMILES string of the molecule is CCOc1ccccc1C=NNC(=O)CSc1nc2sc3c(c2c(=O)n1-c1ccc(C)cc1)CCCC3. The number of hydrazone groups is 1. The lowest BCUT2D eigenvalue weighted by atomic mass is 9.97. The fourth-order valence-electron chi connectivity index (χ4n) is 4.41. The third kappa shape index (κ3) is 5.47. The summed E-state index contributed by atoms with van der Waals surface area (Å²) in [5, 5.41) is 5.32. The number of amides is 1. The van der Waals surface area contributed by atoms with E-state index >= 15 is 0 Å². The van der Waals surface area contributed by atoms with Crippen molar-refractivity contribution in [2.24, 2.45) is 5.10 Å². The van der Waals surface area contributed by atoms with E-state index < -0.39 is 0 Å². The van der Waals surface area contributed by atoms with E-state index in [0.29, 0.717) is 17.5 Å². The van der Waals surface area contributed by atoms with Gasteiger partial charge in [-0.25, -0.2) is 10.4 Å². The van der Waals surface area contributed by atoms with Crippen molar-refractivity contribution < 1.29 is 9.53 Å². The molecule has 0 radical (unpaired) electrons. The van der Waals surface area contributed by atoms with Crippen LogP contribution >= 0.6 is 23.1 Å². The fraction of sp³-hybridized carbons (Fsp3) is 0.286. The van der Waals surface area contributed by atoms with Crippen LogP contribution in [0.1, 0.15) is 41.3 Å². The first-order valence-electron chi connectivity index (χ1n) is 12.4. The minimum Gasteiger partial charge on any atom is -0.493 e. The third-order valence-corrected chi connectivity index (χ3v) is 8.32. The normalized spacial score (nSPS) is 13.1. The second kappa shape index (κ2) is 11.3. The van der Waals surface area contributed by atoms with Crippen LogP contribution in [0, 0.1) is 6.92 Å². The molecule has 0 spiro atoms. The summed E-state index contributed by atoms with van der Waals surface area (Å²) < 4.78 is 7.23. The predicted octanol–water partition coefficient (Wildman–Crippen LogP) is 5.28. The maximum absolute atomic E-state index is 13.8. The first kappa shape index (κ1) is 25.2. The second-order valence-electron chi connectivity index (χ2n) is 8.81. The van der Waals surface area contributed by atoms with E-state index in [1.54, 1.807) is 22.1 Å². The molecule has 7 nitrogen and oxygen atoms in total. The number of ether oxygens (including phenoxy) is 1. The Morgan fingerprint density at radius 1 is 1.19 bits per heavy atom. The summed E-state index contributed by atoms with van der Waals surface area (Å²) in [6.07, 6.45) is 5.71. The van der Waals surface area contributed by atoms with Gasteiger partial charge in [0.25, 0.3) is 11.5 Å². The summed E-state index contributed by atoms with van der Waals surface area (Å²) in [5.41, 5.74) is 6.29. The molecule has 0 unspecified atom stereocenters. The van der Waals surface area contributed by atoms with Crippen LogP contribution in [-0.2, 0) is 17.6 Å². The molecule has 0 bridgehead atoms. The van der Waals surface area contributed by atoms with E-state index in [-0.39, 0.29) is 17.2 Å². The first-order chi connectivity index (χ1) is 18.0. The van der Waals surface area contributed by atoms with Crippen molar-refractivity contribution in [3.63, 3.8) is 0 Å². The maximum atomic E-state index is 13.8. The summed E-state index contributed by atoms with van der Waals surface area (Å²) in [7, 11) is 0. The molecule has 0 saturated heterocycles. The molecule has 37 heavy (non-hydrogen) atoms. The monoisotopic (exact) mass is 532 g/mol. The number of rotatable bonds is 8. The molecular weight excluding hydrogens is 504 g/mol. The number of hydrogen-bond acceptors (Lipinski definition) is 7. The minimum absolute atomic E-state index is 0.0679. The Kier molecular flexibility index (Phi) is 7.71. The number of thiophene rings is 1. The Hall–Kier alpha value is -3.43. The number of benzene rings is 2. The minimum atomic E-state index is -0.287. The molecular formula is C28H28N4O3S2. The summed E-state index contributed by atoms with van der Waals surface area (Å²) in [5.74, 6) is 0.486. The summed E-state index contributed by atoms with van der Waals surface area (Å²) in [6, 6.07) is 15.3. The zero-order valence-corrected chi connectivity index (χ0v) is 22.5.